The highest BCUT2D eigenvalue weighted by atomic mass is 16.5. The third-order valence-electron chi connectivity index (χ3n) is 3.05. The van der Waals surface area contributed by atoms with Crippen LogP contribution in [0.3, 0.4) is 0 Å². The molecular weight excluding hydrogens is 176 g/mol. The fourth-order valence-electron chi connectivity index (χ4n) is 2.04. The lowest BCUT2D eigenvalue weighted by atomic mass is 10.0. The van der Waals surface area contributed by atoms with Crippen LogP contribution in [0, 0.1) is 0 Å². The molecule has 0 saturated carbocycles. The van der Waals surface area contributed by atoms with Gasteiger partial charge in [-0.2, -0.15) is 0 Å². The molecule has 0 bridgehead atoms. The van der Waals surface area contributed by atoms with Gasteiger partial charge in [0.2, 0.25) is 0 Å². The summed E-state index contributed by atoms with van der Waals surface area (Å²) in [7, 11) is 0. The van der Waals surface area contributed by atoms with E-state index in [2.05, 4.69) is 18.7 Å². The van der Waals surface area contributed by atoms with Crippen LogP contribution in [-0.4, -0.2) is 43.3 Å². The Balaban J connectivity index is 2.40. The van der Waals surface area contributed by atoms with Crippen LogP contribution >= 0.6 is 0 Å². The molecule has 0 aromatic rings. The fourth-order valence-corrected chi connectivity index (χ4v) is 2.04. The zero-order valence-electron chi connectivity index (χ0n) is 9.54. The average molecular weight is 200 g/mol. The van der Waals surface area contributed by atoms with E-state index in [1.54, 1.807) is 0 Å². The summed E-state index contributed by atoms with van der Waals surface area (Å²) in [6.07, 6.45) is 3.52. The van der Waals surface area contributed by atoms with Gasteiger partial charge in [-0.1, -0.05) is 20.3 Å². The Morgan fingerprint density at radius 1 is 1.43 bits per heavy atom. The molecule has 0 aromatic carbocycles. The van der Waals surface area contributed by atoms with Crippen LogP contribution < -0.4 is 5.73 Å². The minimum absolute atomic E-state index is 0.306. The summed E-state index contributed by atoms with van der Waals surface area (Å²) in [5, 5.41) is 0. The van der Waals surface area contributed by atoms with Crippen LogP contribution in [0.4, 0.5) is 0 Å². The molecule has 3 nitrogen and oxygen atoms in total. The molecule has 1 rings (SSSR count). The average Bonchev–Trinajstić information content (AvgIpc) is 2.21. The van der Waals surface area contributed by atoms with Crippen LogP contribution in [0.2, 0.25) is 0 Å². The molecule has 0 amide bonds. The molecule has 2 atom stereocenters. The van der Waals surface area contributed by atoms with Gasteiger partial charge in [0.05, 0.1) is 6.61 Å². The summed E-state index contributed by atoms with van der Waals surface area (Å²) in [6, 6.07) is 0.751. The van der Waals surface area contributed by atoms with Gasteiger partial charge in [-0.15, -0.1) is 0 Å². The number of rotatable bonds is 5. The van der Waals surface area contributed by atoms with Crippen molar-refractivity contribution in [1.82, 2.24) is 4.90 Å². The Morgan fingerprint density at radius 3 is 2.79 bits per heavy atom. The molecule has 1 saturated heterocycles. The second-order valence-electron chi connectivity index (χ2n) is 4.08. The highest BCUT2D eigenvalue weighted by molar-refractivity contribution is 4.84. The highest BCUT2D eigenvalue weighted by Crippen LogP contribution is 2.13. The lowest BCUT2D eigenvalue weighted by Gasteiger charge is -2.37. The maximum Gasteiger partial charge on any atom is 0.0636 e. The van der Waals surface area contributed by atoms with E-state index in [0.717, 1.165) is 32.7 Å². The molecule has 1 heterocycles. The number of hydrogen-bond acceptors (Lipinski definition) is 3. The predicted octanol–water partition coefficient (Wildman–Crippen LogP) is 1.22. The largest absolute Gasteiger partial charge is 0.380 e. The summed E-state index contributed by atoms with van der Waals surface area (Å²) in [5.74, 6) is 0. The van der Waals surface area contributed by atoms with Gasteiger partial charge in [-0.25, -0.2) is 0 Å². The van der Waals surface area contributed by atoms with Gasteiger partial charge in [-0.3, -0.25) is 4.90 Å². The molecule has 0 radical (unpaired) electrons. The molecule has 0 aliphatic carbocycles. The molecule has 0 aromatic heterocycles. The van der Waals surface area contributed by atoms with E-state index in [-0.39, 0.29) is 0 Å². The summed E-state index contributed by atoms with van der Waals surface area (Å²) >= 11 is 0. The van der Waals surface area contributed by atoms with E-state index >= 15 is 0 Å². The molecule has 14 heavy (non-hydrogen) atoms. The van der Waals surface area contributed by atoms with Crippen LogP contribution in [0.25, 0.3) is 0 Å². The Bertz CT molecular complexity index is 152. The number of hydrogen-bond donors (Lipinski definition) is 1. The lowest BCUT2D eigenvalue weighted by Crippen LogP contribution is -2.53. The molecule has 84 valence electrons. The maximum atomic E-state index is 6.11. The minimum Gasteiger partial charge on any atom is -0.380 e. The zero-order valence-corrected chi connectivity index (χ0v) is 9.54. The van der Waals surface area contributed by atoms with Gasteiger partial charge in [0.1, 0.15) is 0 Å². The van der Waals surface area contributed by atoms with Gasteiger partial charge in [-0.05, 0) is 25.9 Å². The summed E-state index contributed by atoms with van der Waals surface area (Å²) < 4.78 is 5.49. The van der Waals surface area contributed by atoms with Crippen molar-refractivity contribution >= 4 is 0 Å². The molecule has 0 spiro atoms. The van der Waals surface area contributed by atoms with Gasteiger partial charge in [0.25, 0.3) is 0 Å². The molecule has 2 unspecified atom stereocenters. The van der Waals surface area contributed by atoms with Crippen molar-refractivity contribution in [2.45, 2.75) is 45.2 Å². The number of nitrogens with zero attached hydrogens (tertiary/aromatic N) is 1. The number of nitrogens with two attached hydrogens (primary N) is 1. The fraction of sp³-hybridized carbons (Fsp3) is 1.00. The number of likely N-dealkylation sites (N-methyl/N-ethyl adjacent to an activating group) is 1. The lowest BCUT2D eigenvalue weighted by molar-refractivity contribution is 0.00719. The number of ether oxygens (including phenoxy) is 1. The first-order chi connectivity index (χ1) is 6.79. The SMILES string of the molecule is CCCCN(CC)C1COCCC1N. The van der Waals surface area contributed by atoms with Crippen molar-refractivity contribution < 1.29 is 4.74 Å². The first-order valence-corrected chi connectivity index (χ1v) is 5.87. The Labute approximate surface area is 87.6 Å². The molecule has 2 N–H and O–H groups in total. The van der Waals surface area contributed by atoms with E-state index < -0.39 is 0 Å². The van der Waals surface area contributed by atoms with Crippen molar-refractivity contribution in [3.05, 3.63) is 0 Å². The topological polar surface area (TPSA) is 38.5 Å². The van der Waals surface area contributed by atoms with Crippen LogP contribution in [-0.2, 0) is 4.74 Å². The monoisotopic (exact) mass is 200 g/mol. The van der Waals surface area contributed by atoms with E-state index in [4.69, 9.17) is 10.5 Å². The van der Waals surface area contributed by atoms with E-state index in [0.29, 0.717) is 12.1 Å². The highest BCUT2D eigenvalue weighted by Gasteiger charge is 2.26. The van der Waals surface area contributed by atoms with Gasteiger partial charge in [0, 0.05) is 18.7 Å². The Morgan fingerprint density at radius 2 is 2.21 bits per heavy atom. The van der Waals surface area contributed by atoms with Crippen molar-refractivity contribution in [2.75, 3.05) is 26.3 Å². The van der Waals surface area contributed by atoms with Gasteiger partial charge >= 0.3 is 0 Å². The summed E-state index contributed by atoms with van der Waals surface area (Å²) in [6.45, 7) is 8.33. The smallest absolute Gasteiger partial charge is 0.0636 e. The molecule has 1 fully saturated rings. The van der Waals surface area contributed by atoms with Crippen molar-refractivity contribution in [2.24, 2.45) is 5.73 Å². The minimum atomic E-state index is 0.306. The maximum absolute atomic E-state index is 6.11. The van der Waals surface area contributed by atoms with Crippen molar-refractivity contribution in [3.8, 4) is 0 Å². The van der Waals surface area contributed by atoms with Crippen LogP contribution in [0.1, 0.15) is 33.1 Å². The Kier molecular flexibility index (Phi) is 5.45. The normalized spacial score (nSPS) is 28.3. The molecular formula is C11H24N2O. The quantitative estimate of drug-likeness (QED) is 0.725. The zero-order chi connectivity index (χ0) is 10.4. The second kappa shape index (κ2) is 6.38. The first-order valence-electron chi connectivity index (χ1n) is 5.87. The molecule has 1 aliphatic heterocycles. The molecule has 3 heteroatoms. The first kappa shape index (κ1) is 12.0. The summed E-state index contributed by atoms with van der Waals surface area (Å²) in [4.78, 5) is 2.47. The standard InChI is InChI=1S/C11H24N2O/c1-3-5-7-13(4-2)11-9-14-8-6-10(11)12/h10-11H,3-9,12H2,1-2H3. The van der Waals surface area contributed by atoms with Crippen molar-refractivity contribution in [3.63, 3.8) is 0 Å². The second-order valence-corrected chi connectivity index (χ2v) is 4.08. The van der Waals surface area contributed by atoms with Crippen molar-refractivity contribution in [1.29, 1.82) is 0 Å². The third kappa shape index (κ3) is 3.23. The molecule has 1 aliphatic rings. The van der Waals surface area contributed by atoms with E-state index in [1.807, 2.05) is 0 Å². The predicted molar refractivity (Wildman–Crippen MR) is 59.4 cm³/mol. The van der Waals surface area contributed by atoms with Gasteiger partial charge < -0.3 is 10.5 Å². The summed E-state index contributed by atoms with van der Waals surface area (Å²) in [5.41, 5.74) is 6.11. The van der Waals surface area contributed by atoms with E-state index in [1.165, 1.54) is 12.8 Å². The van der Waals surface area contributed by atoms with Crippen LogP contribution in [0.15, 0.2) is 0 Å². The van der Waals surface area contributed by atoms with Crippen LogP contribution in [0.5, 0.6) is 0 Å². The Hall–Kier alpha value is -0.120. The third-order valence-corrected chi connectivity index (χ3v) is 3.05. The van der Waals surface area contributed by atoms with Gasteiger partial charge in [0.15, 0.2) is 0 Å². The van der Waals surface area contributed by atoms with E-state index in [9.17, 15) is 0 Å². The number of unbranched alkanes of at least 4 members (excludes halogenated alkanes) is 1.